The fraction of sp³-hybridized carbons (Fsp3) is 0.154. The predicted molar refractivity (Wildman–Crippen MR) is 79.5 cm³/mol. The van der Waals surface area contributed by atoms with Crippen LogP contribution in [0.15, 0.2) is 41.7 Å². The minimum atomic E-state index is 0.663. The molecule has 3 aromatic heterocycles. The topological polar surface area (TPSA) is 64.5 Å². The quantitative estimate of drug-likeness (QED) is 0.545. The SMILES string of the molecule is Cc1cc(SCc2cnns2)nc(-c2ccccn2)n1. The van der Waals surface area contributed by atoms with Gasteiger partial charge in [0.25, 0.3) is 0 Å². The molecule has 0 aliphatic carbocycles. The van der Waals surface area contributed by atoms with Gasteiger partial charge >= 0.3 is 0 Å². The molecule has 0 atom stereocenters. The highest BCUT2D eigenvalue weighted by Gasteiger charge is 2.07. The van der Waals surface area contributed by atoms with Gasteiger partial charge in [-0.2, -0.15) is 0 Å². The average Bonchev–Trinajstić information content (AvgIpc) is 2.99. The van der Waals surface area contributed by atoms with Crippen molar-refractivity contribution >= 4 is 23.3 Å². The number of thioether (sulfide) groups is 1. The molecule has 0 fully saturated rings. The minimum Gasteiger partial charge on any atom is -0.253 e. The summed E-state index contributed by atoms with van der Waals surface area (Å²) < 4.78 is 3.85. The molecule has 3 aromatic rings. The van der Waals surface area contributed by atoms with Gasteiger partial charge in [0.15, 0.2) is 5.82 Å². The van der Waals surface area contributed by atoms with Gasteiger partial charge in [0, 0.05) is 17.6 Å². The van der Waals surface area contributed by atoms with Crippen molar-refractivity contribution in [2.24, 2.45) is 0 Å². The van der Waals surface area contributed by atoms with Crippen molar-refractivity contribution in [3.8, 4) is 11.5 Å². The Morgan fingerprint density at radius 3 is 2.95 bits per heavy atom. The van der Waals surface area contributed by atoms with Crippen LogP contribution in [0.4, 0.5) is 0 Å². The number of aryl methyl sites for hydroxylation is 1. The van der Waals surface area contributed by atoms with Crippen molar-refractivity contribution in [3.05, 3.63) is 47.2 Å². The molecule has 5 nitrogen and oxygen atoms in total. The molecule has 0 radical (unpaired) electrons. The van der Waals surface area contributed by atoms with Gasteiger partial charge in [-0.1, -0.05) is 10.6 Å². The van der Waals surface area contributed by atoms with E-state index in [1.807, 2.05) is 31.2 Å². The number of rotatable bonds is 4. The zero-order valence-electron chi connectivity index (χ0n) is 10.7. The Morgan fingerprint density at radius 1 is 1.25 bits per heavy atom. The van der Waals surface area contributed by atoms with Crippen molar-refractivity contribution in [1.82, 2.24) is 24.5 Å². The highest BCUT2D eigenvalue weighted by molar-refractivity contribution is 7.98. The second-order valence-corrected chi connectivity index (χ2v) is 5.92. The molecule has 0 aliphatic rings. The zero-order chi connectivity index (χ0) is 13.8. The van der Waals surface area contributed by atoms with Gasteiger partial charge in [-0.15, -0.1) is 16.9 Å². The summed E-state index contributed by atoms with van der Waals surface area (Å²) in [4.78, 5) is 14.4. The number of hydrogen-bond donors (Lipinski definition) is 0. The predicted octanol–water partition coefficient (Wildman–Crippen LogP) is 2.99. The summed E-state index contributed by atoms with van der Waals surface area (Å²) >= 11 is 3.06. The molecule has 0 bridgehead atoms. The Kier molecular flexibility index (Phi) is 3.98. The molecule has 0 spiro atoms. The summed E-state index contributed by atoms with van der Waals surface area (Å²) in [6.07, 6.45) is 3.53. The monoisotopic (exact) mass is 301 g/mol. The van der Waals surface area contributed by atoms with Crippen LogP contribution in [0.5, 0.6) is 0 Å². The fourth-order valence-electron chi connectivity index (χ4n) is 1.62. The lowest BCUT2D eigenvalue weighted by Crippen LogP contribution is -1.95. The Hall–Kier alpha value is -1.86. The van der Waals surface area contributed by atoms with E-state index >= 15 is 0 Å². The third-order valence-electron chi connectivity index (χ3n) is 2.49. The van der Waals surface area contributed by atoms with Crippen LogP contribution in [0.25, 0.3) is 11.5 Å². The molecule has 3 rings (SSSR count). The standard InChI is InChI=1S/C13H11N5S2/c1-9-6-12(19-8-10-7-15-18-20-10)17-13(16-9)11-4-2-3-5-14-11/h2-7H,8H2,1H3. The van der Waals surface area contributed by atoms with Crippen LogP contribution in [0, 0.1) is 6.92 Å². The van der Waals surface area contributed by atoms with E-state index in [-0.39, 0.29) is 0 Å². The molecule has 0 saturated carbocycles. The molecular formula is C13H11N5S2. The third-order valence-corrected chi connectivity index (χ3v) is 4.30. The fourth-order valence-corrected chi connectivity index (χ4v) is 3.07. The van der Waals surface area contributed by atoms with Crippen molar-refractivity contribution in [2.45, 2.75) is 17.7 Å². The Bertz CT molecular complexity index is 685. The number of nitrogens with zero attached hydrogens (tertiary/aromatic N) is 5. The van der Waals surface area contributed by atoms with Crippen molar-refractivity contribution in [3.63, 3.8) is 0 Å². The van der Waals surface area contributed by atoms with Gasteiger partial charge in [0.05, 0.1) is 11.1 Å². The van der Waals surface area contributed by atoms with E-state index in [0.29, 0.717) is 5.82 Å². The lowest BCUT2D eigenvalue weighted by atomic mass is 10.3. The lowest BCUT2D eigenvalue weighted by Gasteiger charge is -2.04. The first-order valence-electron chi connectivity index (χ1n) is 5.97. The third kappa shape index (κ3) is 3.17. The second kappa shape index (κ2) is 6.06. The highest BCUT2D eigenvalue weighted by atomic mass is 32.2. The van der Waals surface area contributed by atoms with E-state index in [0.717, 1.165) is 27.0 Å². The van der Waals surface area contributed by atoms with E-state index < -0.39 is 0 Å². The van der Waals surface area contributed by atoms with E-state index in [4.69, 9.17) is 0 Å². The van der Waals surface area contributed by atoms with E-state index in [9.17, 15) is 0 Å². The highest BCUT2D eigenvalue weighted by Crippen LogP contribution is 2.24. The van der Waals surface area contributed by atoms with Crippen molar-refractivity contribution in [2.75, 3.05) is 0 Å². The van der Waals surface area contributed by atoms with Crippen LogP contribution >= 0.6 is 23.3 Å². The van der Waals surface area contributed by atoms with Crippen LogP contribution in [0.3, 0.4) is 0 Å². The molecule has 0 aliphatic heterocycles. The molecule has 0 aromatic carbocycles. The minimum absolute atomic E-state index is 0.663. The molecule has 100 valence electrons. The first kappa shape index (κ1) is 13.1. The number of aromatic nitrogens is 5. The van der Waals surface area contributed by atoms with E-state index in [2.05, 4.69) is 24.5 Å². The summed E-state index contributed by atoms with van der Waals surface area (Å²) in [6.45, 7) is 1.96. The average molecular weight is 301 g/mol. The van der Waals surface area contributed by atoms with Crippen LogP contribution in [0.1, 0.15) is 10.6 Å². The summed E-state index contributed by atoms with van der Waals surface area (Å²) in [6, 6.07) is 7.71. The first-order valence-corrected chi connectivity index (χ1v) is 7.73. The van der Waals surface area contributed by atoms with E-state index in [1.54, 1.807) is 24.2 Å². The summed E-state index contributed by atoms with van der Waals surface area (Å²) in [5.41, 5.74) is 1.73. The molecule has 0 saturated heterocycles. The molecular weight excluding hydrogens is 290 g/mol. The maximum atomic E-state index is 4.56. The molecule has 0 N–H and O–H groups in total. The van der Waals surface area contributed by atoms with Crippen LogP contribution in [-0.2, 0) is 5.75 Å². The van der Waals surface area contributed by atoms with Gasteiger partial charge in [-0.05, 0) is 36.7 Å². The van der Waals surface area contributed by atoms with Crippen molar-refractivity contribution < 1.29 is 0 Å². The maximum absolute atomic E-state index is 4.56. The van der Waals surface area contributed by atoms with Gasteiger partial charge in [0.2, 0.25) is 0 Å². The molecule has 0 amide bonds. The molecule has 7 heteroatoms. The number of pyridine rings is 1. The summed E-state index contributed by atoms with van der Waals surface area (Å²) in [5.74, 6) is 1.48. The molecule has 0 unspecified atom stereocenters. The normalized spacial score (nSPS) is 10.7. The Labute approximate surface area is 124 Å². The van der Waals surface area contributed by atoms with Gasteiger partial charge in [-0.25, -0.2) is 9.97 Å². The van der Waals surface area contributed by atoms with Gasteiger partial charge in [-0.3, -0.25) is 4.98 Å². The smallest absolute Gasteiger partial charge is 0.179 e. The summed E-state index contributed by atoms with van der Waals surface area (Å²) in [7, 11) is 0. The molecule has 20 heavy (non-hydrogen) atoms. The Balaban J connectivity index is 1.83. The Morgan fingerprint density at radius 2 is 2.20 bits per heavy atom. The van der Waals surface area contributed by atoms with Gasteiger partial charge in [0.1, 0.15) is 10.7 Å². The largest absolute Gasteiger partial charge is 0.253 e. The lowest BCUT2D eigenvalue weighted by molar-refractivity contribution is 1.00. The van der Waals surface area contributed by atoms with Gasteiger partial charge < -0.3 is 0 Å². The summed E-state index contributed by atoms with van der Waals surface area (Å²) in [5, 5.41) is 4.77. The number of hydrogen-bond acceptors (Lipinski definition) is 7. The van der Waals surface area contributed by atoms with Crippen LogP contribution in [-0.4, -0.2) is 24.5 Å². The molecule has 3 heterocycles. The van der Waals surface area contributed by atoms with E-state index in [1.165, 1.54) is 11.5 Å². The zero-order valence-corrected chi connectivity index (χ0v) is 12.4. The van der Waals surface area contributed by atoms with Crippen LogP contribution < -0.4 is 0 Å². The maximum Gasteiger partial charge on any atom is 0.179 e. The van der Waals surface area contributed by atoms with Crippen molar-refractivity contribution in [1.29, 1.82) is 0 Å². The second-order valence-electron chi connectivity index (χ2n) is 4.06. The van der Waals surface area contributed by atoms with Crippen LogP contribution in [0.2, 0.25) is 0 Å². The first-order chi connectivity index (χ1) is 9.81.